The molecule has 1 unspecified atom stereocenters. The van der Waals surface area contributed by atoms with E-state index in [9.17, 15) is 22.7 Å². The van der Waals surface area contributed by atoms with Crippen LogP contribution in [-0.2, 0) is 10.0 Å². The number of sulfonamides is 1. The maximum absolute atomic E-state index is 13.3. The average molecular weight is 417 g/mol. The lowest BCUT2D eigenvalue weighted by molar-refractivity contribution is 0.0699. The molecule has 0 amide bonds. The minimum Gasteiger partial charge on any atom is -0.478 e. The number of fused-ring (bicyclic) bond motifs is 2. The van der Waals surface area contributed by atoms with Crippen LogP contribution in [-0.4, -0.2) is 32.3 Å². The topological polar surface area (TPSA) is 87.8 Å². The van der Waals surface area contributed by atoms with Gasteiger partial charge in [-0.05, 0) is 54.7 Å². The number of carboxylic acid groups (broad SMARTS) is 1. The van der Waals surface area contributed by atoms with Gasteiger partial charge in [-0.25, -0.2) is 17.6 Å². The van der Waals surface area contributed by atoms with E-state index in [0.29, 0.717) is 29.6 Å². The highest BCUT2D eigenvalue weighted by Crippen LogP contribution is 2.42. The van der Waals surface area contributed by atoms with Crippen molar-refractivity contribution >= 4 is 32.6 Å². The molecule has 1 aliphatic rings. The molecule has 152 valence electrons. The van der Waals surface area contributed by atoms with E-state index in [1.165, 1.54) is 28.6 Å². The molecule has 0 saturated heterocycles. The summed E-state index contributed by atoms with van der Waals surface area (Å²) in [4.78, 5) is 12.0. The number of hydrogen-bond donors (Lipinski definition) is 1. The van der Waals surface area contributed by atoms with Crippen LogP contribution in [0, 0.1) is 5.82 Å². The summed E-state index contributed by atoms with van der Waals surface area (Å²) in [5.41, 5.74) is 1.99. The lowest BCUT2D eigenvalue weighted by atomic mass is 9.94. The van der Waals surface area contributed by atoms with E-state index < -0.39 is 21.8 Å². The van der Waals surface area contributed by atoms with Crippen LogP contribution >= 0.6 is 0 Å². The van der Waals surface area contributed by atoms with Crippen LogP contribution in [0.15, 0.2) is 40.8 Å². The summed E-state index contributed by atoms with van der Waals surface area (Å²) >= 11 is 0. The van der Waals surface area contributed by atoms with Crippen molar-refractivity contribution in [3.63, 3.8) is 0 Å². The zero-order valence-electron chi connectivity index (χ0n) is 16.0. The molecule has 0 bridgehead atoms. The SMILES string of the molecule is CC1CCCN(S(C)(=O)=O)c2cc3oc(-c4ccc(F)cc4)c(C(=O)O)c3cc21. The fourth-order valence-electron chi connectivity index (χ4n) is 3.94. The van der Waals surface area contributed by atoms with E-state index in [-0.39, 0.29) is 22.8 Å². The van der Waals surface area contributed by atoms with Crippen molar-refractivity contribution in [3.05, 3.63) is 53.3 Å². The Morgan fingerprint density at radius 2 is 1.93 bits per heavy atom. The molecule has 8 heteroatoms. The summed E-state index contributed by atoms with van der Waals surface area (Å²) in [6, 6.07) is 8.70. The van der Waals surface area contributed by atoms with Gasteiger partial charge in [-0.3, -0.25) is 4.31 Å². The normalized spacial score (nSPS) is 17.2. The van der Waals surface area contributed by atoms with Crippen molar-refractivity contribution in [2.24, 2.45) is 0 Å². The Bertz CT molecular complexity index is 1210. The number of benzene rings is 2. The molecule has 1 atom stereocenters. The van der Waals surface area contributed by atoms with Gasteiger partial charge in [0.2, 0.25) is 10.0 Å². The third-order valence-corrected chi connectivity index (χ3v) is 6.54. The number of halogens is 1. The molecule has 1 N–H and O–H groups in total. The molecule has 0 aliphatic carbocycles. The van der Waals surface area contributed by atoms with Crippen molar-refractivity contribution in [1.29, 1.82) is 0 Å². The van der Waals surface area contributed by atoms with Crippen molar-refractivity contribution in [2.45, 2.75) is 25.7 Å². The smallest absolute Gasteiger partial charge is 0.340 e. The van der Waals surface area contributed by atoms with Gasteiger partial charge in [0.1, 0.15) is 22.7 Å². The summed E-state index contributed by atoms with van der Waals surface area (Å²) in [5, 5.41) is 10.2. The highest BCUT2D eigenvalue weighted by molar-refractivity contribution is 7.92. The number of anilines is 1. The van der Waals surface area contributed by atoms with Crippen LogP contribution in [0.1, 0.15) is 41.6 Å². The molecule has 2 heterocycles. The highest BCUT2D eigenvalue weighted by atomic mass is 32.2. The fraction of sp³-hybridized carbons (Fsp3) is 0.286. The van der Waals surface area contributed by atoms with Crippen molar-refractivity contribution < 1.29 is 27.1 Å². The first-order valence-electron chi connectivity index (χ1n) is 9.24. The molecule has 0 spiro atoms. The first-order chi connectivity index (χ1) is 13.7. The van der Waals surface area contributed by atoms with E-state index in [0.717, 1.165) is 18.2 Å². The second-order valence-electron chi connectivity index (χ2n) is 7.40. The van der Waals surface area contributed by atoms with Crippen LogP contribution < -0.4 is 4.31 Å². The number of carbonyl (C=O) groups is 1. The second-order valence-corrected chi connectivity index (χ2v) is 9.31. The molecular formula is C21H20FNO5S. The second kappa shape index (κ2) is 6.88. The maximum atomic E-state index is 13.3. The Morgan fingerprint density at radius 1 is 1.24 bits per heavy atom. The molecule has 1 aliphatic heterocycles. The number of nitrogens with zero attached hydrogens (tertiary/aromatic N) is 1. The minimum absolute atomic E-state index is 0.0169. The summed E-state index contributed by atoms with van der Waals surface area (Å²) in [6.07, 6.45) is 2.65. The van der Waals surface area contributed by atoms with Crippen LogP contribution in [0.3, 0.4) is 0 Å². The standard InChI is InChI=1S/C21H20FNO5S/c1-12-4-3-9-23(29(2,26)27)17-11-18-16(10-15(12)17)19(21(24)25)20(28-18)13-5-7-14(22)8-6-13/h5-8,10-12H,3-4,9H2,1-2H3,(H,24,25). The lowest BCUT2D eigenvalue weighted by Crippen LogP contribution is -2.30. The summed E-state index contributed by atoms with van der Waals surface area (Å²) < 4.78 is 45.2. The number of hydrogen-bond acceptors (Lipinski definition) is 4. The van der Waals surface area contributed by atoms with Crippen LogP contribution in [0.5, 0.6) is 0 Å². The first kappa shape index (κ1) is 19.4. The highest BCUT2D eigenvalue weighted by Gasteiger charge is 2.29. The van der Waals surface area contributed by atoms with E-state index in [4.69, 9.17) is 4.42 Å². The van der Waals surface area contributed by atoms with E-state index in [1.54, 1.807) is 12.1 Å². The Hall–Kier alpha value is -2.87. The van der Waals surface area contributed by atoms with Gasteiger partial charge in [-0.15, -0.1) is 0 Å². The quantitative estimate of drug-likeness (QED) is 0.673. The van der Waals surface area contributed by atoms with Crippen molar-refractivity contribution in [1.82, 2.24) is 0 Å². The number of rotatable bonds is 3. The monoisotopic (exact) mass is 417 g/mol. The van der Waals surface area contributed by atoms with Gasteiger partial charge in [0, 0.05) is 23.6 Å². The largest absolute Gasteiger partial charge is 0.478 e. The Labute approximate surface area is 167 Å². The summed E-state index contributed by atoms with van der Waals surface area (Å²) in [6.45, 7) is 2.36. The van der Waals surface area contributed by atoms with Gasteiger partial charge in [-0.2, -0.15) is 0 Å². The molecule has 2 aromatic carbocycles. The van der Waals surface area contributed by atoms with Crippen LogP contribution in [0.2, 0.25) is 0 Å². The molecular weight excluding hydrogens is 397 g/mol. The van der Waals surface area contributed by atoms with Crippen molar-refractivity contribution in [3.8, 4) is 11.3 Å². The zero-order chi connectivity index (χ0) is 20.9. The molecule has 3 aromatic rings. The summed E-state index contributed by atoms with van der Waals surface area (Å²) in [5.74, 6) is -1.42. The van der Waals surface area contributed by atoms with Crippen LogP contribution in [0.4, 0.5) is 10.1 Å². The minimum atomic E-state index is -3.50. The predicted octanol–water partition coefficient (Wildman–Crippen LogP) is 4.60. The van der Waals surface area contributed by atoms with E-state index in [2.05, 4.69) is 0 Å². The number of aromatic carboxylic acids is 1. The van der Waals surface area contributed by atoms with E-state index in [1.807, 2.05) is 6.92 Å². The molecule has 4 rings (SSSR count). The third-order valence-electron chi connectivity index (χ3n) is 5.36. The molecule has 0 saturated carbocycles. The molecule has 6 nitrogen and oxygen atoms in total. The first-order valence-corrected chi connectivity index (χ1v) is 11.1. The number of furan rings is 1. The predicted molar refractivity (Wildman–Crippen MR) is 108 cm³/mol. The lowest BCUT2D eigenvalue weighted by Gasteiger charge is -2.23. The molecule has 0 fully saturated rings. The van der Waals surface area contributed by atoms with Gasteiger partial charge in [0.25, 0.3) is 0 Å². The summed E-state index contributed by atoms with van der Waals surface area (Å²) in [7, 11) is -3.50. The van der Waals surface area contributed by atoms with E-state index >= 15 is 0 Å². The van der Waals surface area contributed by atoms with Gasteiger partial charge < -0.3 is 9.52 Å². The van der Waals surface area contributed by atoms with Crippen molar-refractivity contribution in [2.75, 3.05) is 17.1 Å². The Morgan fingerprint density at radius 3 is 2.55 bits per heavy atom. The van der Waals surface area contributed by atoms with Gasteiger partial charge in [-0.1, -0.05) is 6.92 Å². The van der Waals surface area contributed by atoms with Gasteiger partial charge >= 0.3 is 5.97 Å². The maximum Gasteiger partial charge on any atom is 0.340 e. The fourth-order valence-corrected chi connectivity index (χ4v) is 4.91. The number of carboxylic acids is 1. The molecule has 0 radical (unpaired) electrons. The molecule has 1 aromatic heterocycles. The molecule has 29 heavy (non-hydrogen) atoms. The Balaban J connectivity index is 2.02. The Kier molecular flexibility index (Phi) is 4.61. The third kappa shape index (κ3) is 3.37. The van der Waals surface area contributed by atoms with Gasteiger partial charge in [0.05, 0.1) is 11.9 Å². The average Bonchev–Trinajstić information content (AvgIpc) is 2.93. The van der Waals surface area contributed by atoms with Crippen LogP contribution in [0.25, 0.3) is 22.3 Å². The zero-order valence-corrected chi connectivity index (χ0v) is 16.8. The van der Waals surface area contributed by atoms with Gasteiger partial charge in [0.15, 0.2) is 0 Å².